The number of carbonyl (C=O) groups is 2. The Bertz CT molecular complexity index is 909. The number of carbonyl (C=O) groups excluding carboxylic acids is 2. The SMILES string of the molecule is COCCNC(=O)c1coc(CN(CCOC)C(=O)C=Cc2ccc([N+](=O)[O-])cc2)n1. The maximum Gasteiger partial charge on any atom is 0.273 e. The summed E-state index contributed by atoms with van der Waals surface area (Å²) in [7, 11) is 3.05. The van der Waals surface area contributed by atoms with Crippen molar-refractivity contribution in [2.24, 2.45) is 0 Å². The van der Waals surface area contributed by atoms with Gasteiger partial charge < -0.3 is 24.1 Å². The summed E-state index contributed by atoms with van der Waals surface area (Å²) in [5.74, 6) is -0.537. The molecule has 0 aliphatic carbocycles. The molecule has 1 aromatic carbocycles. The number of rotatable bonds is 12. The van der Waals surface area contributed by atoms with Crippen LogP contribution in [-0.4, -0.2) is 67.1 Å². The van der Waals surface area contributed by atoms with Crippen molar-refractivity contribution < 1.29 is 28.4 Å². The van der Waals surface area contributed by atoms with Gasteiger partial charge in [0.25, 0.3) is 11.6 Å². The van der Waals surface area contributed by atoms with E-state index < -0.39 is 10.8 Å². The van der Waals surface area contributed by atoms with Crippen molar-refractivity contribution in [2.75, 3.05) is 40.5 Å². The van der Waals surface area contributed by atoms with Gasteiger partial charge in [-0.15, -0.1) is 0 Å². The molecule has 0 spiro atoms. The topological polar surface area (TPSA) is 137 Å². The molecule has 0 atom stereocenters. The number of non-ortho nitro benzene ring substituents is 1. The van der Waals surface area contributed by atoms with E-state index in [1.807, 2.05) is 0 Å². The summed E-state index contributed by atoms with van der Waals surface area (Å²) in [6, 6.07) is 5.81. The fourth-order valence-electron chi connectivity index (χ4n) is 2.46. The monoisotopic (exact) mass is 432 g/mol. The Balaban J connectivity index is 2.03. The van der Waals surface area contributed by atoms with Crippen LogP contribution in [0.4, 0.5) is 5.69 Å². The number of nitrogens with zero attached hydrogens (tertiary/aromatic N) is 3. The van der Waals surface area contributed by atoms with E-state index in [0.717, 1.165) is 0 Å². The second kappa shape index (κ2) is 12.2. The average molecular weight is 432 g/mol. The van der Waals surface area contributed by atoms with Crippen molar-refractivity contribution in [3.05, 3.63) is 63.9 Å². The molecule has 11 heteroatoms. The Morgan fingerprint density at radius 1 is 1.23 bits per heavy atom. The summed E-state index contributed by atoms with van der Waals surface area (Å²) < 4.78 is 15.2. The zero-order valence-corrected chi connectivity index (χ0v) is 17.3. The molecule has 0 aliphatic rings. The van der Waals surface area contributed by atoms with Gasteiger partial charge in [-0.3, -0.25) is 19.7 Å². The number of hydrogen-bond donors (Lipinski definition) is 1. The molecule has 166 valence electrons. The van der Waals surface area contributed by atoms with Crippen LogP contribution in [0.5, 0.6) is 0 Å². The van der Waals surface area contributed by atoms with Crippen molar-refractivity contribution in [2.45, 2.75) is 6.54 Å². The molecule has 1 aromatic heterocycles. The molecule has 0 radical (unpaired) electrons. The van der Waals surface area contributed by atoms with E-state index in [4.69, 9.17) is 13.9 Å². The first-order chi connectivity index (χ1) is 14.9. The maximum absolute atomic E-state index is 12.6. The number of nitrogens with one attached hydrogen (secondary N) is 1. The number of hydrogen-bond acceptors (Lipinski definition) is 8. The van der Waals surface area contributed by atoms with E-state index in [1.165, 1.54) is 43.6 Å². The summed E-state index contributed by atoms with van der Waals surface area (Å²) in [5, 5.41) is 13.4. The van der Waals surface area contributed by atoms with Crippen LogP contribution < -0.4 is 5.32 Å². The van der Waals surface area contributed by atoms with Crippen LogP contribution in [0.1, 0.15) is 21.9 Å². The zero-order valence-electron chi connectivity index (χ0n) is 17.3. The standard InChI is InChI=1S/C20H24N4O7/c1-29-11-9-21-20(26)17-14-31-18(22-17)13-23(10-12-30-2)19(25)8-5-15-3-6-16(7-4-15)24(27)28/h3-8,14H,9-13H2,1-2H3,(H,21,26). The summed E-state index contributed by atoms with van der Waals surface area (Å²) in [6.45, 7) is 1.32. The molecule has 2 rings (SSSR count). The van der Waals surface area contributed by atoms with Gasteiger partial charge >= 0.3 is 0 Å². The first kappa shape index (κ1) is 23.7. The minimum absolute atomic E-state index is 0.0313. The number of nitro benzene ring substituents is 1. The second-order valence-corrected chi connectivity index (χ2v) is 6.31. The number of oxazole rings is 1. The van der Waals surface area contributed by atoms with Crippen molar-refractivity contribution in [3.63, 3.8) is 0 Å². The Morgan fingerprint density at radius 2 is 1.94 bits per heavy atom. The molecule has 0 saturated heterocycles. The van der Waals surface area contributed by atoms with Crippen LogP contribution in [-0.2, 0) is 20.8 Å². The largest absolute Gasteiger partial charge is 0.446 e. The summed E-state index contributed by atoms with van der Waals surface area (Å²) >= 11 is 0. The van der Waals surface area contributed by atoms with Gasteiger partial charge in [0, 0.05) is 45.5 Å². The molecular weight excluding hydrogens is 408 g/mol. The van der Waals surface area contributed by atoms with E-state index in [2.05, 4.69) is 10.3 Å². The third kappa shape index (κ3) is 7.64. The Hall–Kier alpha value is -3.57. The molecule has 2 aromatic rings. The first-order valence-electron chi connectivity index (χ1n) is 9.36. The average Bonchev–Trinajstić information content (AvgIpc) is 3.24. The van der Waals surface area contributed by atoms with Gasteiger partial charge in [0.15, 0.2) is 5.69 Å². The van der Waals surface area contributed by atoms with E-state index in [0.29, 0.717) is 25.3 Å². The minimum Gasteiger partial charge on any atom is -0.446 e. The molecule has 1 heterocycles. The maximum atomic E-state index is 12.6. The molecule has 1 N–H and O–H groups in total. The van der Waals surface area contributed by atoms with Crippen LogP contribution in [0.2, 0.25) is 0 Å². The quantitative estimate of drug-likeness (QED) is 0.231. The summed E-state index contributed by atoms with van der Waals surface area (Å²) in [4.78, 5) is 40.4. The van der Waals surface area contributed by atoms with Gasteiger partial charge in [0.2, 0.25) is 11.8 Å². The molecule has 0 fully saturated rings. The molecule has 0 saturated carbocycles. The van der Waals surface area contributed by atoms with E-state index >= 15 is 0 Å². The van der Waals surface area contributed by atoms with Gasteiger partial charge in [-0.25, -0.2) is 4.98 Å². The van der Waals surface area contributed by atoms with E-state index in [1.54, 1.807) is 18.2 Å². The lowest BCUT2D eigenvalue weighted by molar-refractivity contribution is -0.384. The molecule has 31 heavy (non-hydrogen) atoms. The molecule has 11 nitrogen and oxygen atoms in total. The van der Waals surface area contributed by atoms with E-state index in [9.17, 15) is 19.7 Å². The van der Waals surface area contributed by atoms with Gasteiger partial charge in [-0.2, -0.15) is 0 Å². The predicted octanol–water partition coefficient (Wildman–Crippen LogP) is 1.65. The third-order valence-electron chi connectivity index (χ3n) is 4.10. The predicted molar refractivity (Wildman–Crippen MR) is 110 cm³/mol. The molecule has 2 amide bonds. The second-order valence-electron chi connectivity index (χ2n) is 6.31. The van der Waals surface area contributed by atoms with Crippen LogP contribution in [0.3, 0.4) is 0 Å². The van der Waals surface area contributed by atoms with Crippen LogP contribution >= 0.6 is 0 Å². The number of amides is 2. The lowest BCUT2D eigenvalue weighted by atomic mass is 10.2. The van der Waals surface area contributed by atoms with Crippen LogP contribution in [0.15, 0.2) is 41.0 Å². The summed E-state index contributed by atoms with van der Waals surface area (Å²) in [5.41, 5.74) is 0.708. The molecule has 0 unspecified atom stereocenters. The van der Waals surface area contributed by atoms with Crippen molar-refractivity contribution in [3.8, 4) is 0 Å². The van der Waals surface area contributed by atoms with Crippen molar-refractivity contribution >= 4 is 23.6 Å². The highest BCUT2D eigenvalue weighted by Gasteiger charge is 2.17. The minimum atomic E-state index is -0.492. The third-order valence-corrected chi connectivity index (χ3v) is 4.10. The zero-order chi connectivity index (χ0) is 22.6. The molecular formula is C20H24N4O7. The highest BCUT2D eigenvalue weighted by Crippen LogP contribution is 2.13. The molecule has 0 bridgehead atoms. The van der Waals surface area contributed by atoms with Gasteiger partial charge in [-0.05, 0) is 23.8 Å². The fraction of sp³-hybridized carbons (Fsp3) is 0.350. The van der Waals surface area contributed by atoms with Gasteiger partial charge in [-0.1, -0.05) is 0 Å². The van der Waals surface area contributed by atoms with Crippen LogP contribution in [0.25, 0.3) is 6.08 Å². The number of aromatic nitrogens is 1. The Morgan fingerprint density at radius 3 is 2.58 bits per heavy atom. The highest BCUT2D eigenvalue weighted by molar-refractivity contribution is 5.92. The number of ether oxygens (including phenoxy) is 2. The lowest BCUT2D eigenvalue weighted by Crippen LogP contribution is -2.32. The number of benzene rings is 1. The van der Waals surface area contributed by atoms with Gasteiger partial charge in [0.05, 0.1) is 24.7 Å². The van der Waals surface area contributed by atoms with E-state index in [-0.39, 0.29) is 36.3 Å². The van der Waals surface area contributed by atoms with Crippen LogP contribution in [0, 0.1) is 10.1 Å². The van der Waals surface area contributed by atoms with Gasteiger partial charge in [0.1, 0.15) is 6.26 Å². The van der Waals surface area contributed by atoms with Crippen molar-refractivity contribution in [1.29, 1.82) is 0 Å². The highest BCUT2D eigenvalue weighted by atomic mass is 16.6. The normalized spacial score (nSPS) is 10.9. The van der Waals surface area contributed by atoms with Crippen molar-refractivity contribution in [1.82, 2.24) is 15.2 Å². The summed E-state index contributed by atoms with van der Waals surface area (Å²) in [6.07, 6.45) is 4.12. The lowest BCUT2D eigenvalue weighted by Gasteiger charge is -2.19. The fourth-order valence-corrected chi connectivity index (χ4v) is 2.46. The smallest absolute Gasteiger partial charge is 0.273 e. The molecule has 0 aliphatic heterocycles. The Kier molecular flexibility index (Phi) is 9.33. The number of nitro groups is 1. The Labute approximate surface area is 178 Å². The first-order valence-corrected chi connectivity index (χ1v) is 9.36. The number of methoxy groups -OCH3 is 2.